The minimum Gasteiger partial charge on any atom is -0.394 e. The number of carbonyl (C=O) groups excluding carboxylic acids is 1. The van der Waals surface area contributed by atoms with Gasteiger partial charge in [0.05, 0.1) is 25.4 Å². The van der Waals surface area contributed by atoms with Crippen LogP contribution >= 0.6 is 0 Å². The molecule has 0 aromatic carbocycles. The van der Waals surface area contributed by atoms with Gasteiger partial charge in [-0.1, -0.05) is 295 Å². The summed E-state index contributed by atoms with van der Waals surface area (Å²) in [5, 5.41) is 54.7. The summed E-state index contributed by atoms with van der Waals surface area (Å²) in [4.78, 5) is 13.1. The number of ether oxygens (including phenoxy) is 2. The van der Waals surface area contributed by atoms with E-state index in [2.05, 4.69) is 141 Å². The molecule has 1 heterocycles. The van der Waals surface area contributed by atoms with Crippen molar-refractivity contribution in [3.63, 3.8) is 0 Å². The zero-order valence-electron chi connectivity index (χ0n) is 53.6. The van der Waals surface area contributed by atoms with Gasteiger partial charge in [-0.05, 0) is 109 Å². The average molecular weight is 1170 g/mol. The van der Waals surface area contributed by atoms with Gasteiger partial charge in [-0.25, -0.2) is 0 Å². The Morgan fingerprint density at radius 1 is 0.417 bits per heavy atom. The molecule has 84 heavy (non-hydrogen) atoms. The number of unbranched alkanes of at least 4 members (excludes halogenated alkanes) is 28. The maximum atomic E-state index is 13.1. The van der Waals surface area contributed by atoms with Crippen molar-refractivity contribution in [3.05, 3.63) is 134 Å². The van der Waals surface area contributed by atoms with Crippen LogP contribution in [0.15, 0.2) is 134 Å². The lowest BCUT2D eigenvalue weighted by Gasteiger charge is -2.40. The van der Waals surface area contributed by atoms with Gasteiger partial charge in [-0.2, -0.15) is 0 Å². The molecule has 1 fully saturated rings. The summed E-state index contributed by atoms with van der Waals surface area (Å²) in [6.07, 6.45) is 88.3. The van der Waals surface area contributed by atoms with E-state index in [4.69, 9.17) is 9.47 Å². The van der Waals surface area contributed by atoms with Crippen molar-refractivity contribution >= 4 is 5.91 Å². The molecule has 6 N–H and O–H groups in total. The SMILES string of the molecule is CC/C=C\C/C=C\C/C=C\C/C=C\C/C=C\C/C=C\C/C=C\C/C=C\CCCCCCCCCCCCCCC(=O)NC(COC1OC(CO)C(O)C(O)C1O)C(O)/C=C/CC/C=C/CC/C=C/CCCCCCCCCCCCCCCC. The summed E-state index contributed by atoms with van der Waals surface area (Å²) in [5.41, 5.74) is 0. The number of allylic oxidation sites excluding steroid dienone is 21. The first kappa shape index (κ1) is 78.3. The molecule has 1 aliphatic rings. The summed E-state index contributed by atoms with van der Waals surface area (Å²) < 4.78 is 11.3. The number of aliphatic hydroxyl groups excluding tert-OH is 5. The molecule has 0 bridgehead atoms. The lowest BCUT2D eigenvalue weighted by molar-refractivity contribution is -0.302. The Labute approximate surface area is 515 Å². The Bertz CT molecular complexity index is 1790. The fourth-order valence-electron chi connectivity index (χ4n) is 10.1. The second-order valence-electron chi connectivity index (χ2n) is 23.2. The number of amides is 1. The molecule has 1 saturated heterocycles. The molecule has 0 radical (unpaired) electrons. The molecule has 9 nitrogen and oxygen atoms in total. The van der Waals surface area contributed by atoms with E-state index in [1.54, 1.807) is 6.08 Å². The molecule has 0 aromatic rings. The highest BCUT2D eigenvalue weighted by Gasteiger charge is 2.44. The van der Waals surface area contributed by atoms with Crippen molar-refractivity contribution in [1.82, 2.24) is 5.32 Å². The zero-order chi connectivity index (χ0) is 60.7. The van der Waals surface area contributed by atoms with Crippen LogP contribution in [0, 0.1) is 0 Å². The van der Waals surface area contributed by atoms with E-state index in [0.717, 1.165) is 103 Å². The van der Waals surface area contributed by atoms with E-state index in [9.17, 15) is 30.3 Å². The van der Waals surface area contributed by atoms with Crippen LogP contribution in [0.3, 0.4) is 0 Å². The second-order valence-corrected chi connectivity index (χ2v) is 23.2. The molecule has 9 heteroatoms. The predicted molar refractivity (Wildman–Crippen MR) is 359 cm³/mol. The van der Waals surface area contributed by atoms with Crippen molar-refractivity contribution in [2.24, 2.45) is 0 Å². The first-order chi connectivity index (χ1) is 41.3. The van der Waals surface area contributed by atoms with E-state index in [1.165, 1.54) is 154 Å². The van der Waals surface area contributed by atoms with Gasteiger partial charge in [-0.15, -0.1) is 0 Å². The zero-order valence-corrected chi connectivity index (χ0v) is 53.6. The van der Waals surface area contributed by atoms with Gasteiger partial charge in [0.1, 0.15) is 24.4 Å². The van der Waals surface area contributed by atoms with Crippen LogP contribution in [-0.4, -0.2) is 87.5 Å². The minimum atomic E-state index is -1.58. The molecular formula is C75H127NO8. The van der Waals surface area contributed by atoms with Crippen molar-refractivity contribution in [3.8, 4) is 0 Å². The highest BCUT2D eigenvalue weighted by Crippen LogP contribution is 2.23. The summed E-state index contributed by atoms with van der Waals surface area (Å²) >= 11 is 0. The van der Waals surface area contributed by atoms with E-state index in [-0.39, 0.29) is 12.5 Å². The number of rotatable bonds is 58. The summed E-state index contributed by atoms with van der Waals surface area (Å²) in [5.74, 6) is -0.196. The van der Waals surface area contributed by atoms with Crippen molar-refractivity contribution in [2.75, 3.05) is 13.2 Å². The normalized spacial score (nSPS) is 19.1. The maximum Gasteiger partial charge on any atom is 0.220 e. The lowest BCUT2D eigenvalue weighted by Crippen LogP contribution is -2.60. The fraction of sp³-hybridized carbons (Fsp3) is 0.693. The van der Waals surface area contributed by atoms with Crippen LogP contribution < -0.4 is 5.32 Å². The van der Waals surface area contributed by atoms with Crippen LogP contribution in [0.5, 0.6) is 0 Å². The van der Waals surface area contributed by atoms with Crippen LogP contribution in [0.2, 0.25) is 0 Å². The van der Waals surface area contributed by atoms with Crippen LogP contribution in [-0.2, 0) is 14.3 Å². The lowest BCUT2D eigenvalue weighted by atomic mass is 9.99. The molecule has 0 saturated carbocycles. The Kier molecular flexibility index (Phi) is 58.2. The van der Waals surface area contributed by atoms with Crippen molar-refractivity contribution in [1.29, 1.82) is 0 Å². The van der Waals surface area contributed by atoms with Gasteiger partial charge in [0, 0.05) is 6.42 Å². The van der Waals surface area contributed by atoms with E-state index >= 15 is 0 Å². The highest BCUT2D eigenvalue weighted by molar-refractivity contribution is 5.76. The smallest absolute Gasteiger partial charge is 0.220 e. The molecule has 1 amide bonds. The van der Waals surface area contributed by atoms with E-state index in [0.29, 0.717) is 6.42 Å². The second kappa shape index (κ2) is 62.4. The number of hydrogen-bond donors (Lipinski definition) is 6. The summed E-state index contributed by atoms with van der Waals surface area (Å²) in [6.45, 7) is 3.66. The molecule has 1 aliphatic heterocycles. The number of hydrogen-bond acceptors (Lipinski definition) is 8. The Hall–Kier alpha value is -3.67. The van der Waals surface area contributed by atoms with E-state index < -0.39 is 49.5 Å². The molecule has 0 aliphatic carbocycles. The Morgan fingerprint density at radius 2 is 0.750 bits per heavy atom. The van der Waals surface area contributed by atoms with Gasteiger partial charge in [0.2, 0.25) is 5.91 Å². The molecule has 0 spiro atoms. The number of nitrogens with one attached hydrogen (secondary N) is 1. The molecule has 1 rings (SSSR count). The third-order valence-electron chi connectivity index (χ3n) is 15.4. The predicted octanol–water partition coefficient (Wildman–Crippen LogP) is 18.8. The first-order valence-corrected chi connectivity index (χ1v) is 34.4. The Balaban J connectivity index is 2.18. The largest absolute Gasteiger partial charge is 0.394 e. The van der Waals surface area contributed by atoms with Crippen molar-refractivity contribution in [2.45, 2.75) is 320 Å². The molecule has 7 unspecified atom stereocenters. The number of carbonyl (C=O) groups is 1. The first-order valence-electron chi connectivity index (χ1n) is 34.4. The molecule has 0 aromatic heterocycles. The standard InChI is InChI=1S/C75H127NO8/c1-3-5-7-9-11-13-15-17-19-21-23-25-27-29-30-31-32-33-34-35-36-37-38-39-40-41-43-45-47-49-51-53-55-57-59-61-63-65-71(79)76-68(67-83-75-74(82)73(81)72(80)70(66-77)84-75)69(78)64-62-60-58-56-54-52-50-48-46-44-42-28-26-24-22-20-18-16-14-12-10-8-6-4-2/h5,7,11,13,17,19,23,25,29-30,32-33,35-36,38-39,46,48,54,56,62,64,68-70,72-75,77-78,80-82H,3-4,6,8-10,12,14-16,18,20-22,24,26-28,31,34,37,40-45,47,49-53,55,57-61,63,65-67H2,1-2H3,(H,76,79)/b7-5-,13-11-,19-17-,25-23-,30-29-,33-32-,36-35-,39-38-,48-46+,56-54+,64-62+. The van der Waals surface area contributed by atoms with Gasteiger partial charge < -0.3 is 40.3 Å². The van der Waals surface area contributed by atoms with Gasteiger partial charge in [0.15, 0.2) is 6.29 Å². The van der Waals surface area contributed by atoms with Crippen LogP contribution in [0.25, 0.3) is 0 Å². The summed E-state index contributed by atoms with van der Waals surface area (Å²) in [7, 11) is 0. The monoisotopic (exact) mass is 1170 g/mol. The Morgan fingerprint density at radius 3 is 1.14 bits per heavy atom. The van der Waals surface area contributed by atoms with Gasteiger partial charge in [-0.3, -0.25) is 4.79 Å². The average Bonchev–Trinajstić information content (AvgIpc) is 3.70. The molecule has 480 valence electrons. The molecule has 7 atom stereocenters. The number of aliphatic hydroxyl groups is 5. The third-order valence-corrected chi connectivity index (χ3v) is 15.4. The highest BCUT2D eigenvalue weighted by atomic mass is 16.7. The topological polar surface area (TPSA) is 149 Å². The fourth-order valence-corrected chi connectivity index (χ4v) is 10.1. The van der Waals surface area contributed by atoms with Crippen LogP contribution in [0.1, 0.15) is 277 Å². The minimum absolute atomic E-state index is 0.196. The van der Waals surface area contributed by atoms with Crippen molar-refractivity contribution < 1.29 is 39.8 Å². The quantitative estimate of drug-likeness (QED) is 0.0261. The van der Waals surface area contributed by atoms with Gasteiger partial charge in [0.25, 0.3) is 0 Å². The van der Waals surface area contributed by atoms with E-state index in [1.807, 2.05) is 6.08 Å². The third kappa shape index (κ3) is 50.5. The van der Waals surface area contributed by atoms with Crippen LogP contribution in [0.4, 0.5) is 0 Å². The molecular weight excluding hydrogens is 1040 g/mol. The van der Waals surface area contributed by atoms with Gasteiger partial charge >= 0.3 is 0 Å². The summed E-state index contributed by atoms with van der Waals surface area (Å²) in [6, 6.07) is -0.839. The maximum absolute atomic E-state index is 13.1.